The van der Waals surface area contributed by atoms with E-state index in [2.05, 4.69) is 76.1 Å². The topological polar surface area (TPSA) is 151 Å². The number of aliphatic hydroxyl groups is 2. The van der Waals surface area contributed by atoms with Crippen LogP contribution in [0.1, 0.15) is 52.8 Å². The van der Waals surface area contributed by atoms with Crippen LogP contribution >= 0.6 is 15.9 Å². The first kappa shape index (κ1) is 30.2. The van der Waals surface area contributed by atoms with E-state index in [1.807, 2.05) is 24.3 Å². The number of fused-ring (bicyclic) bond motifs is 1. The number of halogens is 1. The molecule has 4 atom stereocenters. The average Bonchev–Trinajstić information content (AvgIpc) is 3.41. The molecule has 0 saturated carbocycles. The maximum absolute atomic E-state index is 12.4. The number of hydrogen-bond acceptors (Lipinski definition) is 8. The number of urea groups is 1. The highest BCUT2D eigenvalue weighted by Crippen LogP contribution is 2.34. The lowest BCUT2D eigenvalue weighted by Crippen LogP contribution is -2.44. The van der Waals surface area contributed by atoms with E-state index in [1.165, 1.54) is 5.56 Å². The molecule has 0 bridgehead atoms. The predicted molar refractivity (Wildman–Crippen MR) is 159 cm³/mol. The van der Waals surface area contributed by atoms with Gasteiger partial charge < -0.3 is 35.9 Å². The monoisotopic (exact) mass is 617 g/mol. The zero-order valence-electron chi connectivity index (χ0n) is 23.6. The van der Waals surface area contributed by atoms with Gasteiger partial charge in [0.15, 0.2) is 6.23 Å². The molecule has 1 aliphatic heterocycles. The summed E-state index contributed by atoms with van der Waals surface area (Å²) in [7, 11) is 0. The molecule has 0 radical (unpaired) electrons. The second-order valence-corrected chi connectivity index (χ2v) is 12.2. The van der Waals surface area contributed by atoms with Crippen molar-refractivity contribution < 1.29 is 19.7 Å². The molecule has 218 valence electrons. The molecular weight excluding hydrogens is 578 g/mol. The fourth-order valence-corrected chi connectivity index (χ4v) is 5.21. The first-order valence-electron chi connectivity index (χ1n) is 13.6. The van der Waals surface area contributed by atoms with Gasteiger partial charge >= 0.3 is 6.03 Å². The normalized spacial score (nSPS) is 21.4. The number of nitrogens with zero attached hydrogens (tertiary/aromatic N) is 4. The molecule has 12 heteroatoms. The lowest BCUT2D eigenvalue weighted by atomic mass is 9.87. The number of ether oxygens (including phenoxy) is 1. The van der Waals surface area contributed by atoms with Crippen LogP contribution in [0.5, 0.6) is 0 Å². The first-order valence-corrected chi connectivity index (χ1v) is 14.3. The second kappa shape index (κ2) is 12.4. The van der Waals surface area contributed by atoms with Crippen LogP contribution in [-0.4, -0.2) is 79.7 Å². The van der Waals surface area contributed by atoms with Crippen molar-refractivity contribution in [1.29, 1.82) is 0 Å². The van der Waals surface area contributed by atoms with Gasteiger partial charge in [-0.2, -0.15) is 0 Å². The first-order chi connectivity index (χ1) is 18.8. The fraction of sp³-hybridized carbons (Fsp3) is 0.536. The van der Waals surface area contributed by atoms with Gasteiger partial charge in [-0.3, -0.25) is 4.90 Å². The largest absolute Gasteiger partial charge is 0.387 e. The van der Waals surface area contributed by atoms with Crippen LogP contribution in [0.3, 0.4) is 0 Å². The number of amides is 2. The Hall–Kier alpha value is -2.77. The van der Waals surface area contributed by atoms with E-state index in [-0.39, 0.29) is 17.5 Å². The molecule has 0 spiro atoms. The third-order valence-corrected chi connectivity index (χ3v) is 7.60. The molecule has 2 amide bonds. The van der Waals surface area contributed by atoms with E-state index in [0.717, 1.165) is 5.69 Å². The molecule has 1 aromatic carbocycles. The number of carbonyl (C=O) groups is 1. The van der Waals surface area contributed by atoms with Crippen molar-refractivity contribution in [2.24, 2.45) is 0 Å². The quantitative estimate of drug-likeness (QED) is 0.180. The zero-order chi connectivity index (χ0) is 29.2. The number of nitrogens with one attached hydrogen (secondary N) is 2. The summed E-state index contributed by atoms with van der Waals surface area (Å²) in [4.78, 5) is 23.0. The van der Waals surface area contributed by atoms with Gasteiger partial charge in [-0.05, 0) is 65.4 Å². The van der Waals surface area contributed by atoms with Crippen LogP contribution in [0.15, 0.2) is 41.3 Å². The predicted octanol–water partition coefficient (Wildman–Crippen LogP) is 3.61. The molecule has 1 saturated heterocycles. The third kappa shape index (κ3) is 6.92. The Bertz CT molecular complexity index is 1310. The lowest BCUT2D eigenvalue weighted by Gasteiger charge is -2.30. The van der Waals surface area contributed by atoms with Crippen LogP contribution < -0.4 is 16.4 Å². The van der Waals surface area contributed by atoms with Gasteiger partial charge in [0.05, 0.1) is 5.39 Å². The molecule has 0 unspecified atom stereocenters. The molecule has 1 fully saturated rings. The maximum atomic E-state index is 12.4. The van der Waals surface area contributed by atoms with Crippen molar-refractivity contribution >= 4 is 44.5 Å². The summed E-state index contributed by atoms with van der Waals surface area (Å²) in [6.07, 6.45) is -1.24. The van der Waals surface area contributed by atoms with Crippen LogP contribution in [-0.2, 0) is 10.2 Å². The van der Waals surface area contributed by atoms with Crippen molar-refractivity contribution in [2.75, 3.05) is 30.7 Å². The molecule has 0 aliphatic carbocycles. The Balaban J connectivity index is 1.29. The Morgan fingerprint density at radius 2 is 1.88 bits per heavy atom. The zero-order valence-corrected chi connectivity index (χ0v) is 25.2. The minimum absolute atomic E-state index is 0.0548. The summed E-state index contributed by atoms with van der Waals surface area (Å²) in [5, 5.41) is 28.1. The summed E-state index contributed by atoms with van der Waals surface area (Å²) in [6.45, 7) is 12.2. The number of carbonyl (C=O) groups excluding carboxylic acids is 1. The number of rotatable bonds is 9. The van der Waals surface area contributed by atoms with Crippen molar-refractivity contribution in [3.8, 4) is 0 Å². The number of nitrogens with two attached hydrogens (primary N) is 1. The Morgan fingerprint density at radius 3 is 2.52 bits per heavy atom. The van der Waals surface area contributed by atoms with Gasteiger partial charge in [-0.15, -0.1) is 0 Å². The Kier molecular flexibility index (Phi) is 9.36. The molecule has 2 aromatic heterocycles. The van der Waals surface area contributed by atoms with Crippen molar-refractivity contribution in [2.45, 2.75) is 77.0 Å². The standard InChI is InChI=1S/C28H40BrN7O4/c1-16(2)35(13-6-12-31-27(39)32-18-9-7-17(8-10-18)28(3,4)5)15-20-21(37)22(38)25(40-20)36-14-11-19-23(30)33-26(29)34-24(19)36/h7-11,14,16,20-22,25,37-38H,6,12-13,15H2,1-5H3,(H2,30,33,34)(H2,31,32,39)/t20-,21-,22-,25-/m1/s1. The summed E-state index contributed by atoms with van der Waals surface area (Å²) in [6, 6.07) is 9.54. The van der Waals surface area contributed by atoms with E-state index in [0.29, 0.717) is 47.6 Å². The number of aliphatic hydroxyl groups excluding tert-OH is 2. The Morgan fingerprint density at radius 1 is 1.18 bits per heavy atom. The highest BCUT2D eigenvalue weighted by molar-refractivity contribution is 9.10. The number of benzene rings is 1. The molecule has 3 aromatic rings. The number of hydrogen-bond donors (Lipinski definition) is 5. The van der Waals surface area contributed by atoms with Crippen LogP contribution in [0.25, 0.3) is 11.0 Å². The molecular formula is C28H40BrN7O4. The van der Waals surface area contributed by atoms with Gasteiger partial charge in [0.1, 0.15) is 29.8 Å². The van der Waals surface area contributed by atoms with Gasteiger partial charge in [-0.1, -0.05) is 32.9 Å². The molecule has 6 N–H and O–H groups in total. The van der Waals surface area contributed by atoms with Crippen molar-refractivity contribution in [3.05, 3.63) is 46.8 Å². The minimum atomic E-state index is -1.15. The SMILES string of the molecule is CC(C)N(CCCNC(=O)Nc1ccc(C(C)(C)C)cc1)C[C@H]1O[C@@H](n2ccc3c(N)nc(Br)nc32)[C@H](O)[C@@H]1O. The molecule has 40 heavy (non-hydrogen) atoms. The molecule has 1 aliphatic rings. The summed E-state index contributed by atoms with van der Waals surface area (Å²) in [5.74, 6) is 0.312. The summed E-state index contributed by atoms with van der Waals surface area (Å²) < 4.78 is 8.16. The third-order valence-electron chi connectivity index (χ3n) is 7.25. The molecule has 11 nitrogen and oxygen atoms in total. The molecule has 4 rings (SSSR count). The van der Waals surface area contributed by atoms with Crippen LogP contribution in [0, 0.1) is 0 Å². The van der Waals surface area contributed by atoms with Gasteiger partial charge in [0, 0.05) is 37.6 Å². The summed E-state index contributed by atoms with van der Waals surface area (Å²) >= 11 is 3.26. The second-order valence-electron chi connectivity index (χ2n) is 11.5. The Labute approximate surface area is 243 Å². The van der Waals surface area contributed by atoms with Crippen molar-refractivity contribution in [3.63, 3.8) is 0 Å². The average molecular weight is 619 g/mol. The lowest BCUT2D eigenvalue weighted by molar-refractivity contribution is -0.0465. The van der Waals surface area contributed by atoms with Crippen LogP contribution in [0.4, 0.5) is 16.3 Å². The number of aromatic nitrogens is 3. The smallest absolute Gasteiger partial charge is 0.319 e. The number of anilines is 2. The van der Waals surface area contributed by atoms with E-state index < -0.39 is 24.5 Å². The highest BCUT2D eigenvalue weighted by atomic mass is 79.9. The highest BCUT2D eigenvalue weighted by Gasteiger charge is 2.44. The van der Waals surface area contributed by atoms with Crippen LogP contribution in [0.2, 0.25) is 0 Å². The van der Waals surface area contributed by atoms with E-state index in [4.69, 9.17) is 10.5 Å². The maximum Gasteiger partial charge on any atom is 0.319 e. The van der Waals surface area contributed by atoms with E-state index >= 15 is 0 Å². The van der Waals surface area contributed by atoms with Gasteiger partial charge in [0.25, 0.3) is 0 Å². The minimum Gasteiger partial charge on any atom is -0.387 e. The van der Waals surface area contributed by atoms with E-state index in [1.54, 1.807) is 16.8 Å². The van der Waals surface area contributed by atoms with Gasteiger partial charge in [-0.25, -0.2) is 14.8 Å². The molecule has 3 heterocycles. The summed E-state index contributed by atoms with van der Waals surface area (Å²) in [5.41, 5.74) is 8.52. The van der Waals surface area contributed by atoms with Gasteiger partial charge in [0.2, 0.25) is 4.73 Å². The van der Waals surface area contributed by atoms with Crippen molar-refractivity contribution in [1.82, 2.24) is 24.8 Å². The van der Waals surface area contributed by atoms with E-state index in [9.17, 15) is 15.0 Å². The number of nitrogen functional groups attached to an aromatic ring is 1. The fourth-order valence-electron chi connectivity index (χ4n) is 4.85.